The molecule has 0 aromatic heterocycles. The lowest BCUT2D eigenvalue weighted by Gasteiger charge is -2.09. The largest absolute Gasteiger partial charge is 0.416 e. The number of hydrogen-bond donors (Lipinski definition) is 2. The predicted molar refractivity (Wildman–Crippen MR) is 72.8 cm³/mol. The first kappa shape index (κ1) is 16.5. The number of carbonyl (C=O) groups is 2. The number of nitrogens with one attached hydrogen (secondary N) is 2. The van der Waals surface area contributed by atoms with Gasteiger partial charge in [0.15, 0.2) is 0 Å². The van der Waals surface area contributed by atoms with Crippen LogP contribution in [0, 0.1) is 5.82 Å². The molecular formula is C15H10F4N2O2. The molecule has 2 rings (SSSR count). The minimum Gasteiger partial charge on any atom is -0.267 e. The Bertz CT molecular complexity index is 710. The molecule has 2 N–H and O–H groups in total. The van der Waals surface area contributed by atoms with Gasteiger partial charge < -0.3 is 0 Å². The van der Waals surface area contributed by atoms with Crippen LogP contribution < -0.4 is 10.9 Å². The Morgan fingerprint density at radius 2 is 1.13 bits per heavy atom. The zero-order valence-corrected chi connectivity index (χ0v) is 11.4. The van der Waals surface area contributed by atoms with Gasteiger partial charge in [-0.1, -0.05) is 0 Å². The lowest BCUT2D eigenvalue weighted by Crippen LogP contribution is -2.41. The van der Waals surface area contributed by atoms with Crippen LogP contribution in [-0.4, -0.2) is 11.8 Å². The summed E-state index contributed by atoms with van der Waals surface area (Å²) < 4.78 is 49.9. The van der Waals surface area contributed by atoms with E-state index in [0.717, 1.165) is 36.4 Å². The van der Waals surface area contributed by atoms with Crippen molar-refractivity contribution in [1.82, 2.24) is 10.9 Å². The van der Waals surface area contributed by atoms with Crippen LogP contribution in [0.4, 0.5) is 17.6 Å². The van der Waals surface area contributed by atoms with Crippen molar-refractivity contribution < 1.29 is 27.2 Å². The van der Waals surface area contributed by atoms with E-state index in [2.05, 4.69) is 10.9 Å². The van der Waals surface area contributed by atoms with Crippen LogP contribution >= 0.6 is 0 Å². The summed E-state index contributed by atoms with van der Waals surface area (Å²) in [5.74, 6) is -1.99. The molecule has 120 valence electrons. The van der Waals surface area contributed by atoms with Crippen LogP contribution in [0.3, 0.4) is 0 Å². The summed E-state index contributed by atoms with van der Waals surface area (Å²) in [6.07, 6.45) is -4.49. The quantitative estimate of drug-likeness (QED) is 0.658. The van der Waals surface area contributed by atoms with E-state index in [1.807, 2.05) is 0 Å². The highest BCUT2D eigenvalue weighted by Gasteiger charge is 2.30. The van der Waals surface area contributed by atoms with Crippen LogP contribution in [0.5, 0.6) is 0 Å². The Morgan fingerprint density at radius 1 is 0.739 bits per heavy atom. The lowest BCUT2D eigenvalue weighted by atomic mass is 10.1. The van der Waals surface area contributed by atoms with Crippen LogP contribution in [0.1, 0.15) is 26.3 Å². The minimum absolute atomic E-state index is 0.0580. The van der Waals surface area contributed by atoms with Gasteiger partial charge >= 0.3 is 6.18 Å². The van der Waals surface area contributed by atoms with Crippen LogP contribution in [0.25, 0.3) is 0 Å². The Labute approximate surface area is 128 Å². The fraction of sp³-hybridized carbons (Fsp3) is 0.0667. The van der Waals surface area contributed by atoms with Gasteiger partial charge in [0.05, 0.1) is 5.56 Å². The highest BCUT2D eigenvalue weighted by Crippen LogP contribution is 2.28. The van der Waals surface area contributed by atoms with Gasteiger partial charge in [-0.2, -0.15) is 13.2 Å². The summed E-state index contributed by atoms with van der Waals surface area (Å²) in [6.45, 7) is 0. The number of halogens is 4. The molecule has 0 aliphatic carbocycles. The highest BCUT2D eigenvalue weighted by atomic mass is 19.4. The maximum atomic E-state index is 12.7. The van der Waals surface area contributed by atoms with Gasteiger partial charge in [0.25, 0.3) is 11.8 Å². The monoisotopic (exact) mass is 326 g/mol. The normalized spacial score (nSPS) is 11.0. The van der Waals surface area contributed by atoms with Crippen LogP contribution in [0.15, 0.2) is 48.5 Å². The minimum atomic E-state index is -4.49. The van der Waals surface area contributed by atoms with Gasteiger partial charge in [0.1, 0.15) is 5.82 Å². The van der Waals surface area contributed by atoms with E-state index in [9.17, 15) is 27.2 Å². The number of hydrazine groups is 1. The number of hydrogen-bond acceptors (Lipinski definition) is 2. The highest BCUT2D eigenvalue weighted by molar-refractivity contribution is 5.99. The van der Waals surface area contributed by atoms with Crippen molar-refractivity contribution in [2.75, 3.05) is 0 Å². The Balaban J connectivity index is 1.97. The number of amides is 2. The molecule has 2 aromatic carbocycles. The maximum Gasteiger partial charge on any atom is 0.416 e. The van der Waals surface area contributed by atoms with Gasteiger partial charge in [-0.15, -0.1) is 0 Å². The summed E-state index contributed by atoms with van der Waals surface area (Å²) in [5.41, 5.74) is 3.30. The average Bonchev–Trinajstić information content (AvgIpc) is 2.52. The molecule has 4 nitrogen and oxygen atoms in total. The molecule has 2 amide bonds. The predicted octanol–water partition coefficient (Wildman–Crippen LogP) is 2.92. The van der Waals surface area contributed by atoms with E-state index in [-0.39, 0.29) is 11.1 Å². The molecule has 0 aliphatic rings. The third kappa shape index (κ3) is 4.29. The second-order valence-corrected chi connectivity index (χ2v) is 4.49. The first-order chi connectivity index (χ1) is 10.8. The molecule has 23 heavy (non-hydrogen) atoms. The Kier molecular flexibility index (Phi) is 4.63. The molecule has 0 spiro atoms. The summed E-state index contributed by atoms with van der Waals surface area (Å²) in [6, 6.07) is 8.08. The van der Waals surface area contributed by atoms with Crippen molar-refractivity contribution in [1.29, 1.82) is 0 Å². The van der Waals surface area contributed by atoms with E-state index < -0.39 is 29.4 Å². The second kappa shape index (κ2) is 6.47. The van der Waals surface area contributed by atoms with Crippen molar-refractivity contribution in [2.24, 2.45) is 0 Å². The van der Waals surface area contributed by atoms with Crippen molar-refractivity contribution in [2.45, 2.75) is 6.18 Å². The second-order valence-electron chi connectivity index (χ2n) is 4.49. The first-order valence-electron chi connectivity index (χ1n) is 6.31. The summed E-state index contributed by atoms with van der Waals surface area (Å²) >= 11 is 0. The Morgan fingerprint density at radius 3 is 1.52 bits per heavy atom. The van der Waals surface area contributed by atoms with Crippen molar-refractivity contribution in [3.05, 3.63) is 71.0 Å². The average molecular weight is 326 g/mol. The number of rotatable bonds is 2. The molecule has 0 atom stereocenters. The van der Waals surface area contributed by atoms with E-state index in [1.165, 1.54) is 12.1 Å². The van der Waals surface area contributed by atoms with Crippen LogP contribution in [-0.2, 0) is 6.18 Å². The van der Waals surface area contributed by atoms with Gasteiger partial charge in [-0.05, 0) is 48.5 Å². The third-order valence-electron chi connectivity index (χ3n) is 2.87. The summed E-state index contributed by atoms with van der Waals surface area (Å²) in [4.78, 5) is 23.4. The summed E-state index contributed by atoms with van der Waals surface area (Å²) in [7, 11) is 0. The fourth-order valence-electron chi connectivity index (χ4n) is 1.67. The SMILES string of the molecule is O=C(NNC(=O)c1ccc(C(F)(F)F)cc1)c1ccc(F)cc1. The summed E-state index contributed by atoms with van der Waals surface area (Å²) in [5, 5.41) is 0. The zero-order chi connectivity index (χ0) is 17.0. The van der Waals surface area contributed by atoms with Crippen molar-refractivity contribution in [3.8, 4) is 0 Å². The van der Waals surface area contributed by atoms with Crippen LogP contribution in [0.2, 0.25) is 0 Å². The number of carbonyl (C=O) groups excluding carboxylic acids is 2. The van der Waals surface area contributed by atoms with Gasteiger partial charge in [-0.25, -0.2) is 4.39 Å². The van der Waals surface area contributed by atoms with Gasteiger partial charge in [-0.3, -0.25) is 20.4 Å². The molecular weight excluding hydrogens is 316 g/mol. The molecule has 0 bridgehead atoms. The van der Waals surface area contributed by atoms with Gasteiger partial charge in [0, 0.05) is 11.1 Å². The molecule has 0 heterocycles. The molecule has 8 heteroatoms. The number of benzene rings is 2. The van der Waals surface area contributed by atoms with E-state index in [4.69, 9.17) is 0 Å². The molecule has 0 unspecified atom stereocenters. The van der Waals surface area contributed by atoms with E-state index >= 15 is 0 Å². The number of alkyl halides is 3. The van der Waals surface area contributed by atoms with E-state index in [0.29, 0.717) is 0 Å². The third-order valence-corrected chi connectivity index (χ3v) is 2.87. The first-order valence-corrected chi connectivity index (χ1v) is 6.31. The fourth-order valence-corrected chi connectivity index (χ4v) is 1.67. The molecule has 0 saturated carbocycles. The van der Waals surface area contributed by atoms with Gasteiger partial charge in [0.2, 0.25) is 0 Å². The molecule has 0 aliphatic heterocycles. The van der Waals surface area contributed by atoms with Crippen molar-refractivity contribution in [3.63, 3.8) is 0 Å². The zero-order valence-electron chi connectivity index (χ0n) is 11.4. The van der Waals surface area contributed by atoms with E-state index in [1.54, 1.807) is 0 Å². The Hall–Kier alpha value is -2.90. The van der Waals surface area contributed by atoms with Crippen molar-refractivity contribution >= 4 is 11.8 Å². The standard InChI is InChI=1S/C15H10F4N2O2/c16-12-7-3-10(4-8-12)14(23)21-20-13(22)9-1-5-11(6-2-9)15(17,18)19/h1-8H,(H,20,22)(H,21,23). The maximum absolute atomic E-state index is 12.7. The molecule has 0 saturated heterocycles. The molecule has 0 fully saturated rings. The smallest absolute Gasteiger partial charge is 0.267 e. The lowest BCUT2D eigenvalue weighted by molar-refractivity contribution is -0.137. The topological polar surface area (TPSA) is 58.2 Å². The molecule has 2 aromatic rings. The molecule has 0 radical (unpaired) electrons.